The summed E-state index contributed by atoms with van der Waals surface area (Å²) in [6.07, 6.45) is 0.590. The molecule has 0 saturated carbocycles. The summed E-state index contributed by atoms with van der Waals surface area (Å²) in [7, 11) is 0. The first-order valence-electron chi connectivity index (χ1n) is 5.63. The van der Waals surface area contributed by atoms with Gasteiger partial charge in [-0.25, -0.2) is 4.79 Å². The van der Waals surface area contributed by atoms with Crippen molar-refractivity contribution in [1.29, 1.82) is 0 Å². The van der Waals surface area contributed by atoms with Crippen molar-refractivity contribution in [1.82, 2.24) is 5.32 Å². The summed E-state index contributed by atoms with van der Waals surface area (Å²) < 4.78 is 4.89. The second kappa shape index (κ2) is 7.51. The molecule has 1 aromatic heterocycles. The maximum atomic E-state index is 11.4. The van der Waals surface area contributed by atoms with Crippen LogP contribution in [-0.2, 0) is 9.53 Å². The first-order chi connectivity index (χ1) is 8.63. The third-order valence-corrected chi connectivity index (χ3v) is 2.90. The molecule has 1 heterocycles. The number of carbonyl (C=O) groups is 2. The van der Waals surface area contributed by atoms with Gasteiger partial charge in [-0.1, -0.05) is 11.8 Å². The van der Waals surface area contributed by atoms with E-state index in [1.165, 1.54) is 18.3 Å². The van der Waals surface area contributed by atoms with Crippen LogP contribution in [0.5, 0.6) is 0 Å². The third-order valence-electron chi connectivity index (χ3n) is 1.92. The van der Waals surface area contributed by atoms with Gasteiger partial charge in [-0.3, -0.25) is 4.79 Å². The van der Waals surface area contributed by atoms with E-state index in [1.54, 1.807) is 19.1 Å². The first-order valence-corrected chi connectivity index (χ1v) is 6.45. The Morgan fingerprint density at radius 3 is 2.89 bits per heavy atom. The molecule has 1 aromatic rings. The van der Waals surface area contributed by atoms with Gasteiger partial charge in [0.25, 0.3) is 0 Å². The highest BCUT2D eigenvalue weighted by Crippen LogP contribution is 2.16. The zero-order valence-electron chi connectivity index (χ0n) is 10.4. The van der Waals surface area contributed by atoms with Crippen molar-refractivity contribution >= 4 is 23.2 Å². The monoisotopic (exact) mass is 265 g/mol. The summed E-state index contributed by atoms with van der Waals surface area (Å²) in [4.78, 5) is 23.4. The van der Waals surface area contributed by atoms with Crippen molar-refractivity contribution in [2.45, 2.75) is 20.3 Å². The number of thiophene rings is 1. The average Bonchev–Trinajstić information content (AvgIpc) is 2.77. The predicted molar refractivity (Wildman–Crippen MR) is 70.5 cm³/mol. The molecule has 1 amide bonds. The molecule has 0 saturated heterocycles. The fourth-order valence-electron chi connectivity index (χ4n) is 1.17. The number of carbonyl (C=O) groups excluding carboxylic acids is 2. The SMILES string of the molecule is CCOC(=O)c1ccc(C#CCCNC(C)=O)s1. The van der Waals surface area contributed by atoms with Gasteiger partial charge < -0.3 is 10.1 Å². The molecule has 4 nitrogen and oxygen atoms in total. The Bertz CT molecular complexity index is 482. The van der Waals surface area contributed by atoms with Crippen molar-refractivity contribution in [2.24, 2.45) is 0 Å². The Hall–Kier alpha value is -1.80. The van der Waals surface area contributed by atoms with E-state index >= 15 is 0 Å². The van der Waals surface area contributed by atoms with E-state index < -0.39 is 0 Å². The van der Waals surface area contributed by atoms with E-state index in [2.05, 4.69) is 17.2 Å². The number of ether oxygens (including phenoxy) is 1. The zero-order chi connectivity index (χ0) is 13.4. The molecule has 0 aliphatic rings. The standard InChI is InChI=1S/C13H15NO3S/c1-3-17-13(16)12-8-7-11(18-12)6-4-5-9-14-10(2)15/h7-8H,3,5,9H2,1-2H3,(H,14,15). The smallest absolute Gasteiger partial charge is 0.348 e. The van der Waals surface area contributed by atoms with Crippen molar-refractivity contribution in [3.05, 3.63) is 21.9 Å². The molecule has 1 rings (SSSR count). The highest BCUT2D eigenvalue weighted by Gasteiger charge is 2.08. The van der Waals surface area contributed by atoms with Crippen molar-refractivity contribution < 1.29 is 14.3 Å². The van der Waals surface area contributed by atoms with Crippen LogP contribution in [0.4, 0.5) is 0 Å². The molecule has 0 fully saturated rings. The van der Waals surface area contributed by atoms with Gasteiger partial charge in [-0.2, -0.15) is 0 Å². The normalized spacial score (nSPS) is 9.22. The highest BCUT2D eigenvalue weighted by molar-refractivity contribution is 7.14. The van der Waals surface area contributed by atoms with Gasteiger partial charge in [0.15, 0.2) is 0 Å². The van der Waals surface area contributed by atoms with Crippen LogP contribution in [0.3, 0.4) is 0 Å². The maximum absolute atomic E-state index is 11.4. The average molecular weight is 265 g/mol. The molecule has 0 radical (unpaired) electrons. The van der Waals surface area contributed by atoms with Gasteiger partial charge in [0.1, 0.15) is 4.88 Å². The molecule has 0 aliphatic heterocycles. The zero-order valence-corrected chi connectivity index (χ0v) is 11.2. The second-order valence-electron chi connectivity index (χ2n) is 3.42. The van der Waals surface area contributed by atoms with Crippen molar-refractivity contribution in [3.8, 4) is 11.8 Å². The van der Waals surface area contributed by atoms with E-state index in [0.29, 0.717) is 24.4 Å². The first kappa shape index (κ1) is 14.3. The topological polar surface area (TPSA) is 55.4 Å². The summed E-state index contributed by atoms with van der Waals surface area (Å²) in [5.74, 6) is 5.51. The van der Waals surface area contributed by atoms with E-state index in [1.807, 2.05) is 0 Å². The lowest BCUT2D eigenvalue weighted by Gasteiger charge is -1.96. The van der Waals surface area contributed by atoms with Crippen LogP contribution in [0.25, 0.3) is 0 Å². The van der Waals surface area contributed by atoms with Crippen LogP contribution >= 0.6 is 11.3 Å². The summed E-state index contributed by atoms with van der Waals surface area (Å²) in [5.41, 5.74) is 0. The molecule has 0 atom stereocenters. The minimum atomic E-state index is -0.311. The Balaban J connectivity index is 2.46. The van der Waals surface area contributed by atoms with Crippen LogP contribution in [0.2, 0.25) is 0 Å². The molecule has 96 valence electrons. The minimum absolute atomic E-state index is 0.0579. The van der Waals surface area contributed by atoms with E-state index in [4.69, 9.17) is 4.74 Å². The van der Waals surface area contributed by atoms with E-state index in [0.717, 1.165) is 4.88 Å². The van der Waals surface area contributed by atoms with Crippen LogP contribution in [0.1, 0.15) is 34.8 Å². The molecule has 0 aromatic carbocycles. The number of esters is 1. The van der Waals surface area contributed by atoms with Gasteiger partial charge in [0.2, 0.25) is 5.91 Å². The predicted octanol–water partition coefficient (Wildman–Crippen LogP) is 1.80. The molecule has 0 bridgehead atoms. The van der Waals surface area contributed by atoms with Crippen LogP contribution in [0, 0.1) is 11.8 Å². The second-order valence-corrected chi connectivity index (χ2v) is 4.50. The lowest BCUT2D eigenvalue weighted by molar-refractivity contribution is -0.118. The fourth-order valence-corrected chi connectivity index (χ4v) is 1.94. The molecule has 1 N–H and O–H groups in total. The molecule has 18 heavy (non-hydrogen) atoms. The minimum Gasteiger partial charge on any atom is -0.462 e. The van der Waals surface area contributed by atoms with Crippen molar-refractivity contribution in [2.75, 3.05) is 13.2 Å². The molecule has 0 spiro atoms. The fraction of sp³-hybridized carbons (Fsp3) is 0.385. The molecular weight excluding hydrogens is 250 g/mol. The molecule has 5 heteroatoms. The van der Waals surface area contributed by atoms with Crippen LogP contribution in [0.15, 0.2) is 12.1 Å². The van der Waals surface area contributed by atoms with Crippen molar-refractivity contribution in [3.63, 3.8) is 0 Å². The highest BCUT2D eigenvalue weighted by atomic mass is 32.1. The summed E-state index contributed by atoms with van der Waals surface area (Å²) in [5, 5.41) is 2.66. The van der Waals surface area contributed by atoms with Gasteiger partial charge in [0.05, 0.1) is 11.5 Å². The summed E-state index contributed by atoms with van der Waals surface area (Å²) in [6.45, 7) is 4.15. The third kappa shape index (κ3) is 5.02. The number of hydrogen-bond acceptors (Lipinski definition) is 4. The van der Waals surface area contributed by atoms with Crippen LogP contribution in [-0.4, -0.2) is 25.0 Å². The largest absolute Gasteiger partial charge is 0.462 e. The van der Waals surface area contributed by atoms with Gasteiger partial charge >= 0.3 is 5.97 Å². The Labute approximate surface area is 110 Å². The lowest BCUT2D eigenvalue weighted by atomic mass is 10.3. The van der Waals surface area contributed by atoms with Gasteiger partial charge in [-0.05, 0) is 19.1 Å². The Morgan fingerprint density at radius 2 is 2.22 bits per heavy atom. The summed E-state index contributed by atoms with van der Waals surface area (Å²) in [6, 6.07) is 3.50. The van der Waals surface area contributed by atoms with Gasteiger partial charge in [0, 0.05) is 19.9 Å². The quantitative estimate of drug-likeness (QED) is 0.513. The Kier molecular flexibility index (Phi) is 5.95. The molecular formula is C13H15NO3S. The van der Waals surface area contributed by atoms with E-state index in [-0.39, 0.29) is 11.9 Å². The number of rotatable bonds is 4. The molecule has 0 unspecified atom stereocenters. The maximum Gasteiger partial charge on any atom is 0.348 e. The van der Waals surface area contributed by atoms with Crippen LogP contribution < -0.4 is 5.32 Å². The van der Waals surface area contributed by atoms with E-state index in [9.17, 15) is 9.59 Å². The number of hydrogen-bond donors (Lipinski definition) is 1. The lowest BCUT2D eigenvalue weighted by Crippen LogP contribution is -2.20. The number of amides is 1. The summed E-state index contributed by atoms with van der Waals surface area (Å²) >= 11 is 1.31. The number of nitrogens with one attached hydrogen (secondary N) is 1. The Morgan fingerprint density at radius 1 is 1.44 bits per heavy atom. The van der Waals surface area contributed by atoms with Gasteiger partial charge in [-0.15, -0.1) is 11.3 Å². The molecule has 0 aliphatic carbocycles.